The van der Waals surface area contributed by atoms with Crippen molar-refractivity contribution in [2.24, 2.45) is 5.92 Å². The lowest BCUT2D eigenvalue weighted by Crippen LogP contribution is -2.59. The third-order valence-corrected chi connectivity index (χ3v) is 9.58. The number of nitrogens with one attached hydrogen (secondary N) is 2. The molecule has 0 unspecified atom stereocenters. The molecule has 12 heteroatoms. The average molecular weight is 668 g/mol. The van der Waals surface area contributed by atoms with E-state index in [0.717, 1.165) is 13.0 Å². The molecule has 0 spiro atoms. The zero-order valence-corrected chi connectivity index (χ0v) is 28.2. The molecule has 2 saturated heterocycles. The number of nitrogens with zero attached hydrogens (tertiary/aromatic N) is 3. The van der Waals surface area contributed by atoms with Gasteiger partial charge in [0.15, 0.2) is 0 Å². The van der Waals surface area contributed by atoms with Gasteiger partial charge in [-0.05, 0) is 76.1 Å². The van der Waals surface area contributed by atoms with E-state index in [1.165, 1.54) is 29.8 Å². The third kappa shape index (κ3) is 8.50. The number of hydrogen-bond donors (Lipinski definition) is 2. The molecule has 260 valence electrons. The first kappa shape index (κ1) is 35.3. The van der Waals surface area contributed by atoms with Gasteiger partial charge in [0.25, 0.3) is 5.91 Å². The summed E-state index contributed by atoms with van der Waals surface area (Å²) in [5.74, 6) is -3.34. The molecular formula is C36H47F2N5O5. The number of benzene rings is 2. The van der Waals surface area contributed by atoms with Gasteiger partial charge >= 0.3 is 12.0 Å². The van der Waals surface area contributed by atoms with E-state index in [1.807, 2.05) is 36.9 Å². The lowest BCUT2D eigenvalue weighted by atomic mass is 10.0. The van der Waals surface area contributed by atoms with E-state index in [0.29, 0.717) is 45.3 Å². The van der Waals surface area contributed by atoms with E-state index in [9.17, 15) is 28.0 Å². The number of carbonyl (C=O) groups is 4. The van der Waals surface area contributed by atoms with Crippen molar-refractivity contribution in [3.05, 3.63) is 65.7 Å². The molecule has 3 atom stereocenters. The summed E-state index contributed by atoms with van der Waals surface area (Å²) in [4.78, 5) is 59.5. The van der Waals surface area contributed by atoms with Crippen molar-refractivity contribution < 1.29 is 32.7 Å². The van der Waals surface area contributed by atoms with Crippen molar-refractivity contribution in [2.75, 3.05) is 33.2 Å². The highest BCUT2D eigenvalue weighted by molar-refractivity contribution is 6.00. The lowest BCUT2D eigenvalue weighted by Gasteiger charge is -2.41. The number of likely N-dealkylation sites (N-methyl/N-ethyl adjacent to an activating group) is 1. The van der Waals surface area contributed by atoms with Crippen LogP contribution in [-0.4, -0.2) is 101 Å². The highest BCUT2D eigenvalue weighted by atomic mass is 19.3. The molecule has 0 radical (unpaired) electrons. The number of halogens is 2. The Balaban J connectivity index is 1.27. The van der Waals surface area contributed by atoms with Crippen LogP contribution in [0.3, 0.4) is 0 Å². The van der Waals surface area contributed by atoms with E-state index in [2.05, 4.69) is 34.7 Å². The van der Waals surface area contributed by atoms with Crippen molar-refractivity contribution in [3.63, 3.8) is 0 Å². The van der Waals surface area contributed by atoms with Gasteiger partial charge in [0.05, 0.1) is 5.56 Å². The van der Waals surface area contributed by atoms with Gasteiger partial charge < -0.3 is 25.2 Å². The summed E-state index contributed by atoms with van der Waals surface area (Å²) in [7, 11) is 2.06. The molecule has 5 rings (SSSR count). The second-order valence-electron chi connectivity index (χ2n) is 14.1. The topological polar surface area (TPSA) is 111 Å². The predicted octanol–water partition coefficient (Wildman–Crippen LogP) is 3.85. The Labute approximate surface area is 281 Å². The normalized spacial score (nSPS) is 21.5. The van der Waals surface area contributed by atoms with Crippen LogP contribution in [0.15, 0.2) is 54.6 Å². The fourth-order valence-electron chi connectivity index (χ4n) is 6.47. The van der Waals surface area contributed by atoms with Gasteiger partial charge in [-0.3, -0.25) is 24.1 Å². The van der Waals surface area contributed by atoms with E-state index < -0.39 is 41.3 Å². The number of likely N-dealkylation sites (tertiary alicyclic amines) is 1. The summed E-state index contributed by atoms with van der Waals surface area (Å²) in [5.41, 5.74) is 0.272. The van der Waals surface area contributed by atoms with E-state index >= 15 is 0 Å². The standard InChI is InChI=1S/C36H47F2N5O5/c1-24(2)21-28(39-31(44)27-13-8-9-15-30(27)48-36(37,38)34(47)40-35(3)16-17-35)32(45)43-18-10-14-29(43)33(46)42-20-19-41(4)26(23-42)22-25-11-6-5-7-12-25/h5-9,11-13,15,24,26,28-29H,10,14,16-23H2,1-4H3,(H,39,44)(H,40,47)/t26-,28+,29+/m0/s1. The molecule has 2 heterocycles. The first-order valence-electron chi connectivity index (χ1n) is 16.9. The van der Waals surface area contributed by atoms with Crippen LogP contribution >= 0.6 is 0 Å². The van der Waals surface area contributed by atoms with Crippen LogP contribution in [0.2, 0.25) is 0 Å². The summed E-state index contributed by atoms with van der Waals surface area (Å²) >= 11 is 0. The molecule has 3 aliphatic rings. The van der Waals surface area contributed by atoms with Gasteiger partial charge in [0, 0.05) is 37.8 Å². The van der Waals surface area contributed by atoms with Crippen LogP contribution < -0.4 is 15.4 Å². The third-order valence-electron chi connectivity index (χ3n) is 9.58. The molecule has 4 amide bonds. The molecule has 2 N–H and O–H groups in total. The highest BCUT2D eigenvalue weighted by Crippen LogP contribution is 2.36. The second-order valence-corrected chi connectivity index (χ2v) is 14.1. The summed E-state index contributed by atoms with van der Waals surface area (Å²) in [6, 6.07) is 14.0. The van der Waals surface area contributed by atoms with E-state index in [1.54, 1.807) is 11.8 Å². The maximum absolute atomic E-state index is 14.8. The van der Waals surface area contributed by atoms with Gasteiger partial charge in [-0.25, -0.2) is 0 Å². The van der Waals surface area contributed by atoms with Crippen molar-refractivity contribution in [1.29, 1.82) is 0 Å². The maximum atomic E-state index is 14.8. The van der Waals surface area contributed by atoms with Gasteiger partial charge in [-0.2, -0.15) is 8.78 Å². The smallest absolute Gasteiger partial charge is 0.424 e. The monoisotopic (exact) mass is 667 g/mol. The highest BCUT2D eigenvalue weighted by Gasteiger charge is 2.49. The van der Waals surface area contributed by atoms with Gasteiger partial charge in [0.1, 0.15) is 17.8 Å². The van der Waals surface area contributed by atoms with E-state index in [-0.39, 0.29) is 35.8 Å². The fraction of sp³-hybridized carbons (Fsp3) is 0.556. The minimum atomic E-state index is -4.22. The van der Waals surface area contributed by atoms with E-state index in [4.69, 9.17) is 4.74 Å². The fourth-order valence-corrected chi connectivity index (χ4v) is 6.47. The van der Waals surface area contributed by atoms with Crippen LogP contribution in [0.25, 0.3) is 0 Å². The molecule has 1 aliphatic carbocycles. The zero-order chi connectivity index (χ0) is 34.6. The van der Waals surface area contributed by atoms with Gasteiger partial charge in [-0.15, -0.1) is 0 Å². The molecule has 0 aromatic heterocycles. The molecule has 2 aromatic rings. The molecule has 2 aliphatic heterocycles. The van der Waals surface area contributed by atoms with Gasteiger partial charge in [0.2, 0.25) is 11.8 Å². The molecule has 0 bridgehead atoms. The Morgan fingerprint density at radius 1 is 1.00 bits per heavy atom. The van der Waals surface area contributed by atoms with Crippen molar-refractivity contribution in [1.82, 2.24) is 25.3 Å². The Kier molecular flexibility index (Phi) is 10.7. The summed E-state index contributed by atoms with van der Waals surface area (Å²) in [5, 5.41) is 5.03. The molecule has 10 nitrogen and oxygen atoms in total. The zero-order valence-electron chi connectivity index (χ0n) is 28.2. The number of amides is 4. The van der Waals surface area contributed by atoms with Crippen LogP contribution in [-0.2, 0) is 20.8 Å². The Hall–Kier alpha value is -4.06. The number of rotatable bonds is 12. The molecular weight excluding hydrogens is 620 g/mol. The molecule has 2 aromatic carbocycles. The van der Waals surface area contributed by atoms with Gasteiger partial charge in [-0.1, -0.05) is 56.3 Å². The van der Waals surface area contributed by atoms with Crippen LogP contribution in [0.4, 0.5) is 8.78 Å². The maximum Gasteiger partial charge on any atom is 0.482 e. The first-order valence-corrected chi connectivity index (χ1v) is 16.9. The first-order chi connectivity index (χ1) is 22.8. The van der Waals surface area contributed by atoms with Crippen molar-refractivity contribution >= 4 is 23.6 Å². The van der Waals surface area contributed by atoms with Crippen LogP contribution in [0.1, 0.15) is 68.8 Å². The number of piperazine rings is 1. The Morgan fingerprint density at radius 2 is 1.69 bits per heavy atom. The molecule has 1 saturated carbocycles. The largest absolute Gasteiger partial charge is 0.482 e. The second kappa shape index (κ2) is 14.6. The Bertz CT molecular complexity index is 1480. The number of hydrogen-bond acceptors (Lipinski definition) is 6. The summed E-state index contributed by atoms with van der Waals surface area (Å²) in [6.07, 6.45) is -0.789. The minimum Gasteiger partial charge on any atom is -0.424 e. The SMILES string of the molecule is CC(C)C[C@@H](NC(=O)c1ccccc1OC(F)(F)C(=O)NC1(C)CC1)C(=O)N1CCC[C@@H]1C(=O)N1CCN(C)[C@@H](Cc2ccccc2)C1. The Morgan fingerprint density at radius 3 is 2.38 bits per heavy atom. The quantitative estimate of drug-likeness (QED) is 0.356. The molecule has 3 fully saturated rings. The van der Waals surface area contributed by atoms with Crippen LogP contribution in [0, 0.1) is 5.92 Å². The predicted molar refractivity (Wildman–Crippen MR) is 176 cm³/mol. The minimum absolute atomic E-state index is 0.00399. The number of ether oxygens (including phenoxy) is 1. The van der Waals surface area contributed by atoms with Crippen molar-refractivity contribution in [3.8, 4) is 5.75 Å². The molecule has 48 heavy (non-hydrogen) atoms. The number of para-hydroxylation sites is 1. The summed E-state index contributed by atoms with van der Waals surface area (Å²) in [6.45, 7) is 7.69. The average Bonchev–Trinajstić information content (AvgIpc) is 3.56. The van der Waals surface area contributed by atoms with Crippen LogP contribution in [0.5, 0.6) is 5.75 Å². The number of alkyl halides is 2. The number of carbonyl (C=O) groups excluding carboxylic acids is 4. The van der Waals surface area contributed by atoms with Crippen molar-refractivity contribution in [2.45, 2.75) is 89.1 Å². The summed E-state index contributed by atoms with van der Waals surface area (Å²) < 4.78 is 34.5. The lowest BCUT2D eigenvalue weighted by molar-refractivity contribution is -0.193.